The van der Waals surface area contributed by atoms with Crippen LogP contribution < -0.4 is 4.74 Å². The zero-order chi connectivity index (χ0) is 19.4. The fraction of sp³-hybridized carbons (Fsp3) is 0.278. The number of nitriles is 1. The molecule has 1 aliphatic carbocycles. The minimum atomic E-state index is -3.76. The average Bonchev–Trinajstić information content (AvgIpc) is 3.18. The molecule has 2 aliphatic rings. The number of fused-ring (bicyclic) bond motifs is 2. The van der Waals surface area contributed by atoms with Crippen LogP contribution >= 0.6 is 11.6 Å². The highest BCUT2D eigenvalue weighted by Gasteiger charge is 2.70. The van der Waals surface area contributed by atoms with Crippen molar-refractivity contribution in [3.8, 4) is 17.6 Å². The molecule has 9 heteroatoms. The maximum Gasteiger partial charge on any atom is 0.334 e. The normalized spacial score (nSPS) is 21.9. The highest BCUT2D eigenvalue weighted by molar-refractivity contribution is 6.33. The lowest BCUT2D eigenvalue weighted by molar-refractivity contribution is -0.315. The van der Waals surface area contributed by atoms with Crippen molar-refractivity contribution in [2.75, 3.05) is 13.2 Å². The van der Waals surface area contributed by atoms with E-state index in [4.69, 9.17) is 31.1 Å². The topological polar surface area (TPSA) is 71.7 Å². The molecule has 5 nitrogen and oxygen atoms in total. The summed E-state index contributed by atoms with van der Waals surface area (Å²) in [5, 5.41) is 18.8. The molecule has 0 bridgehead atoms. The molecule has 0 aromatic heterocycles. The molecule has 0 saturated carbocycles. The van der Waals surface area contributed by atoms with Crippen molar-refractivity contribution in [2.45, 2.75) is 17.8 Å². The van der Waals surface area contributed by atoms with Gasteiger partial charge in [0, 0.05) is 17.2 Å². The van der Waals surface area contributed by atoms with Gasteiger partial charge in [0.25, 0.3) is 5.79 Å². The molecule has 1 saturated heterocycles. The van der Waals surface area contributed by atoms with Crippen molar-refractivity contribution >= 4 is 11.6 Å². The van der Waals surface area contributed by atoms with Crippen molar-refractivity contribution in [1.82, 2.24) is 0 Å². The Kier molecular flexibility index (Phi) is 4.09. The lowest BCUT2D eigenvalue weighted by Crippen LogP contribution is -2.44. The second kappa shape index (κ2) is 6.11. The Morgan fingerprint density at radius 1 is 1.22 bits per heavy atom. The molecule has 140 valence electrons. The van der Waals surface area contributed by atoms with E-state index >= 15 is 0 Å². The summed E-state index contributed by atoms with van der Waals surface area (Å²) in [5.41, 5.74) is -0.356. The highest BCUT2D eigenvalue weighted by atomic mass is 35.5. The summed E-state index contributed by atoms with van der Waals surface area (Å²) in [5.74, 6) is -7.01. The van der Waals surface area contributed by atoms with Gasteiger partial charge in [0.05, 0.1) is 29.9 Å². The van der Waals surface area contributed by atoms with Crippen molar-refractivity contribution in [3.63, 3.8) is 0 Å². The van der Waals surface area contributed by atoms with E-state index in [-0.39, 0.29) is 46.4 Å². The van der Waals surface area contributed by atoms with Crippen LogP contribution in [0.5, 0.6) is 11.5 Å². The zero-order valence-electron chi connectivity index (χ0n) is 13.5. The van der Waals surface area contributed by atoms with Gasteiger partial charge in [0.1, 0.15) is 17.3 Å². The first-order valence-electron chi connectivity index (χ1n) is 7.85. The number of hydrogen-bond acceptors (Lipinski definition) is 5. The van der Waals surface area contributed by atoms with E-state index in [0.717, 1.165) is 12.1 Å². The Balaban J connectivity index is 1.79. The maximum atomic E-state index is 14.7. The lowest BCUT2D eigenvalue weighted by atomic mass is 10.1. The third-order valence-electron chi connectivity index (χ3n) is 4.48. The lowest BCUT2D eigenvalue weighted by Gasteiger charge is -2.30. The second-order valence-electron chi connectivity index (χ2n) is 6.07. The molecule has 1 atom stereocenters. The van der Waals surface area contributed by atoms with Gasteiger partial charge in [-0.1, -0.05) is 11.6 Å². The minimum absolute atomic E-state index is 0.0144. The number of rotatable bonds is 2. The number of hydrogen-bond donors (Lipinski definition) is 1. The summed E-state index contributed by atoms with van der Waals surface area (Å²) >= 11 is 6.21. The fourth-order valence-electron chi connectivity index (χ4n) is 3.32. The van der Waals surface area contributed by atoms with Gasteiger partial charge in [-0.05, 0) is 24.3 Å². The third-order valence-corrected chi connectivity index (χ3v) is 4.87. The quantitative estimate of drug-likeness (QED) is 0.828. The van der Waals surface area contributed by atoms with E-state index in [0.29, 0.717) is 0 Å². The predicted octanol–water partition coefficient (Wildman–Crippen LogP) is 4.02. The average molecular weight is 398 g/mol. The monoisotopic (exact) mass is 397 g/mol. The van der Waals surface area contributed by atoms with Crippen LogP contribution in [0, 0.1) is 17.1 Å². The van der Waals surface area contributed by atoms with Gasteiger partial charge < -0.3 is 19.3 Å². The zero-order valence-corrected chi connectivity index (χ0v) is 14.3. The molecule has 0 radical (unpaired) electrons. The van der Waals surface area contributed by atoms with Crippen LogP contribution in [0.2, 0.25) is 5.02 Å². The van der Waals surface area contributed by atoms with Gasteiger partial charge in [-0.2, -0.15) is 14.0 Å². The molecule has 1 N–H and O–H groups in total. The number of halogens is 4. The molecular weight excluding hydrogens is 387 g/mol. The van der Waals surface area contributed by atoms with Crippen molar-refractivity contribution in [1.29, 1.82) is 5.26 Å². The second-order valence-corrected chi connectivity index (χ2v) is 6.45. The molecule has 2 aromatic carbocycles. The Bertz CT molecular complexity index is 970. The number of ether oxygens (including phenoxy) is 3. The largest absolute Gasteiger partial charge is 0.456 e. The molecule has 1 fully saturated rings. The van der Waals surface area contributed by atoms with Gasteiger partial charge >= 0.3 is 5.92 Å². The molecule has 1 spiro atoms. The number of aliphatic hydroxyl groups excluding tert-OH is 1. The first-order valence-corrected chi connectivity index (χ1v) is 8.23. The minimum Gasteiger partial charge on any atom is -0.456 e. The van der Waals surface area contributed by atoms with Crippen LogP contribution in [0.1, 0.15) is 22.8 Å². The Morgan fingerprint density at radius 3 is 2.59 bits per heavy atom. The van der Waals surface area contributed by atoms with Crippen molar-refractivity contribution in [2.24, 2.45) is 0 Å². The smallest absolute Gasteiger partial charge is 0.334 e. The summed E-state index contributed by atoms with van der Waals surface area (Å²) in [6.07, 6.45) is -2.27. The molecule has 27 heavy (non-hydrogen) atoms. The Morgan fingerprint density at radius 2 is 1.93 bits per heavy atom. The van der Waals surface area contributed by atoms with E-state index in [9.17, 15) is 18.3 Å². The van der Waals surface area contributed by atoms with E-state index in [1.807, 2.05) is 0 Å². The molecule has 1 unspecified atom stereocenters. The van der Waals surface area contributed by atoms with E-state index < -0.39 is 23.6 Å². The predicted molar refractivity (Wildman–Crippen MR) is 86.1 cm³/mol. The standard InChI is InChI=1S/C18H11ClF3NO4/c19-15-13(27-11-6-9(8-23)5-10(20)7-11)2-1-12-14(15)16(24)17(21,22)18(12)25-3-4-26-18/h1-2,5-7,16,24H,3-4H2. The van der Waals surface area contributed by atoms with Crippen molar-refractivity contribution < 1.29 is 32.5 Å². The van der Waals surface area contributed by atoms with Gasteiger partial charge in [0.15, 0.2) is 6.10 Å². The van der Waals surface area contributed by atoms with Gasteiger partial charge in [-0.15, -0.1) is 0 Å². The molecule has 0 amide bonds. The SMILES string of the molecule is N#Cc1cc(F)cc(Oc2ccc3c(c2Cl)C(O)C(F)(F)C32OCCO2)c1. The summed E-state index contributed by atoms with van der Waals surface area (Å²) in [6.45, 7) is -0.115. The molecular formula is C18H11ClF3NO4. The van der Waals surface area contributed by atoms with Gasteiger partial charge in [-0.3, -0.25) is 0 Å². The summed E-state index contributed by atoms with van der Waals surface area (Å²) < 4.78 is 58.7. The van der Waals surface area contributed by atoms with Crippen LogP contribution in [0.4, 0.5) is 13.2 Å². The van der Waals surface area contributed by atoms with Gasteiger partial charge in [0.2, 0.25) is 0 Å². The number of benzene rings is 2. The van der Waals surface area contributed by atoms with Gasteiger partial charge in [-0.25, -0.2) is 4.39 Å². The summed E-state index contributed by atoms with van der Waals surface area (Å²) in [6, 6.07) is 7.62. The van der Waals surface area contributed by atoms with Crippen LogP contribution in [0.3, 0.4) is 0 Å². The Hall–Kier alpha value is -2.31. The number of nitrogens with zero attached hydrogens (tertiary/aromatic N) is 1. The molecule has 4 rings (SSSR count). The maximum absolute atomic E-state index is 14.7. The highest BCUT2D eigenvalue weighted by Crippen LogP contribution is 2.60. The van der Waals surface area contributed by atoms with Crippen LogP contribution in [0.25, 0.3) is 0 Å². The number of alkyl halides is 2. The molecule has 1 aliphatic heterocycles. The van der Waals surface area contributed by atoms with Crippen LogP contribution in [0.15, 0.2) is 30.3 Å². The Labute approximate surface area is 156 Å². The summed E-state index contributed by atoms with van der Waals surface area (Å²) in [4.78, 5) is 0. The molecule has 1 heterocycles. The molecule has 2 aromatic rings. The van der Waals surface area contributed by atoms with Crippen LogP contribution in [-0.2, 0) is 15.3 Å². The first kappa shape index (κ1) is 18.1. The van der Waals surface area contributed by atoms with E-state index in [2.05, 4.69) is 0 Å². The van der Waals surface area contributed by atoms with Crippen molar-refractivity contribution in [3.05, 3.63) is 57.9 Å². The van der Waals surface area contributed by atoms with Crippen LogP contribution in [-0.4, -0.2) is 24.2 Å². The number of aliphatic hydroxyl groups is 1. The summed E-state index contributed by atoms with van der Waals surface area (Å²) in [7, 11) is 0. The fourth-order valence-corrected chi connectivity index (χ4v) is 3.63. The van der Waals surface area contributed by atoms with E-state index in [1.165, 1.54) is 18.2 Å². The first-order chi connectivity index (χ1) is 12.8. The third kappa shape index (κ3) is 2.51. The van der Waals surface area contributed by atoms with E-state index in [1.54, 1.807) is 6.07 Å².